The molecule has 6 heteroatoms. The van der Waals surface area contributed by atoms with Gasteiger partial charge in [0.2, 0.25) is 10.0 Å². The topological polar surface area (TPSA) is 74.8 Å². The number of anilines is 1. The Morgan fingerprint density at radius 3 is 2.62 bits per heavy atom. The van der Waals surface area contributed by atoms with Crippen LogP contribution in [0.4, 0.5) is 5.82 Å². The Morgan fingerprint density at radius 2 is 2.06 bits per heavy atom. The number of sulfonamides is 1. The lowest BCUT2D eigenvalue weighted by molar-refractivity contribution is 0.486. The van der Waals surface area contributed by atoms with Crippen molar-refractivity contribution >= 4 is 15.8 Å². The summed E-state index contributed by atoms with van der Waals surface area (Å²) in [6, 6.07) is 1.69. The molecule has 2 N–H and O–H groups in total. The maximum absolute atomic E-state index is 12.0. The van der Waals surface area contributed by atoms with E-state index in [0.717, 1.165) is 37.8 Å². The van der Waals surface area contributed by atoms with Crippen molar-refractivity contribution in [3.63, 3.8) is 0 Å². The fourth-order valence-corrected chi connectivity index (χ4v) is 3.59. The van der Waals surface area contributed by atoms with Gasteiger partial charge in [-0.3, -0.25) is 9.82 Å². The van der Waals surface area contributed by atoms with Crippen molar-refractivity contribution in [2.45, 2.75) is 44.3 Å². The van der Waals surface area contributed by atoms with Gasteiger partial charge in [0.25, 0.3) is 0 Å². The summed E-state index contributed by atoms with van der Waals surface area (Å²) in [5, 5.41) is 6.35. The predicted molar refractivity (Wildman–Crippen MR) is 62.7 cm³/mol. The van der Waals surface area contributed by atoms with Crippen LogP contribution in [0.25, 0.3) is 0 Å². The smallest absolute Gasteiger partial charge is 0.236 e. The summed E-state index contributed by atoms with van der Waals surface area (Å²) in [5.74, 6) is 0.392. The first-order valence-electron chi connectivity index (χ1n) is 5.61. The molecule has 0 aromatic carbocycles. The molecule has 1 fully saturated rings. The van der Waals surface area contributed by atoms with E-state index in [9.17, 15) is 8.42 Å². The van der Waals surface area contributed by atoms with Gasteiger partial charge in [0.15, 0.2) is 5.82 Å². The fourth-order valence-electron chi connectivity index (χ4n) is 2.07. The number of aromatic nitrogens is 2. The number of rotatable bonds is 3. The van der Waals surface area contributed by atoms with Gasteiger partial charge < -0.3 is 0 Å². The average Bonchev–Trinajstić information content (AvgIpc) is 2.64. The van der Waals surface area contributed by atoms with Gasteiger partial charge in [-0.15, -0.1) is 0 Å². The molecule has 0 amide bonds. The molecule has 2 rings (SSSR count). The van der Waals surface area contributed by atoms with Crippen LogP contribution in [0.2, 0.25) is 0 Å². The summed E-state index contributed by atoms with van der Waals surface area (Å²) in [7, 11) is -3.26. The van der Waals surface area contributed by atoms with Gasteiger partial charge in [-0.2, -0.15) is 5.10 Å². The third-order valence-electron chi connectivity index (χ3n) is 2.94. The van der Waals surface area contributed by atoms with Crippen LogP contribution >= 0.6 is 0 Å². The van der Waals surface area contributed by atoms with Crippen LogP contribution < -0.4 is 4.72 Å². The van der Waals surface area contributed by atoms with E-state index in [0.29, 0.717) is 5.82 Å². The van der Waals surface area contributed by atoms with Gasteiger partial charge in [0, 0.05) is 11.8 Å². The van der Waals surface area contributed by atoms with E-state index in [1.807, 2.05) is 6.92 Å². The van der Waals surface area contributed by atoms with Crippen molar-refractivity contribution in [1.29, 1.82) is 0 Å². The zero-order chi connectivity index (χ0) is 11.6. The number of H-pyrrole nitrogens is 1. The summed E-state index contributed by atoms with van der Waals surface area (Å²) < 4.78 is 26.5. The lowest BCUT2D eigenvalue weighted by atomic mass is 10.0. The molecular formula is C10H17N3O2S. The molecule has 0 aliphatic heterocycles. The van der Waals surface area contributed by atoms with Crippen molar-refractivity contribution in [2.24, 2.45) is 0 Å². The van der Waals surface area contributed by atoms with Crippen molar-refractivity contribution in [3.8, 4) is 0 Å². The Labute approximate surface area is 95.7 Å². The SMILES string of the molecule is Cc1cc(NS(=O)(=O)C2CCCCC2)n[nH]1. The summed E-state index contributed by atoms with van der Waals surface area (Å²) in [6.45, 7) is 1.84. The zero-order valence-electron chi connectivity index (χ0n) is 9.36. The Balaban J connectivity index is 2.07. The van der Waals surface area contributed by atoms with Crippen LogP contribution in [0.5, 0.6) is 0 Å². The Kier molecular flexibility index (Phi) is 3.18. The number of nitrogens with one attached hydrogen (secondary N) is 2. The quantitative estimate of drug-likeness (QED) is 0.850. The number of hydrogen-bond acceptors (Lipinski definition) is 3. The van der Waals surface area contributed by atoms with Crippen molar-refractivity contribution in [2.75, 3.05) is 4.72 Å². The van der Waals surface area contributed by atoms with Crippen molar-refractivity contribution in [3.05, 3.63) is 11.8 Å². The average molecular weight is 243 g/mol. The second-order valence-corrected chi connectivity index (χ2v) is 6.30. The molecule has 1 aromatic rings. The molecule has 0 saturated heterocycles. The molecule has 16 heavy (non-hydrogen) atoms. The third kappa shape index (κ3) is 2.55. The number of aromatic amines is 1. The minimum absolute atomic E-state index is 0.252. The van der Waals surface area contributed by atoms with Crippen LogP contribution in [-0.2, 0) is 10.0 Å². The molecule has 1 aliphatic rings. The molecule has 0 atom stereocenters. The van der Waals surface area contributed by atoms with E-state index in [1.165, 1.54) is 0 Å². The van der Waals surface area contributed by atoms with Gasteiger partial charge in [-0.1, -0.05) is 19.3 Å². The number of nitrogens with zero attached hydrogens (tertiary/aromatic N) is 1. The van der Waals surface area contributed by atoms with Crippen LogP contribution in [0, 0.1) is 6.92 Å². The van der Waals surface area contributed by atoms with Gasteiger partial charge in [0.05, 0.1) is 5.25 Å². The predicted octanol–water partition coefficient (Wildman–Crippen LogP) is 1.79. The van der Waals surface area contributed by atoms with Crippen LogP contribution in [0.3, 0.4) is 0 Å². The Hall–Kier alpha value is -1.04. The van der Waals surface area contributed by atoms with Gasteiger partial charge in [-0.05, 0) is 19.8 Å². The third-order valence-corrected chi connectivity index (χ3v) is 4.79. The second kappa shape index (κ2) is 4.45. The Bertz CT molecular complexity index is 446. The molecule has 1 aromatic heterocycles. The van der Waals surface area contributed by atoms with E-state index >= 15 is 0 Å². The van der Waals surface area contributed by atoms with E-state index in [4.69, 9.17) is 0 Å². The summed E-state index contributed by atoms with van der Waals surface area (Å²) in [6.07, 6.45) is 4.68. The standard InChI is InChI=1S/C10H17N3O2S/c1-8-7-10(12-11-8)13-16(14,15)9-5-3-2-4-6-9/h7,9H,2-6H2,1H3,(H2,11,12,13). The fraction of sp³-hybridized carbons (Fsp3) is 0.700. The maximum atomic E-state index is 12.0. The number of hydrogen-bond donors (Lipinski definition) is 2. The van der Waals surface area contributed by atoms with Gasteiger partial charge >= 0.3 is 0 Å². The monoisotopic (exact) mass is 243 g/mol. The highest BCUT2D eigenvalue weighted by atomic mass is 32.2. The molecule has 90 valence electrons. The molecule has 1 aliphatic carbocycles. The van der Waals surface area contributed by atoms with Gasteiger partial charge in [0.1, 0.15) is 0 Å². The first-order valence-corrected chi connectivity index (χ1v) is 7.16. The molecule has 0 radical (unpaired) electrons. The lowest BCUT2D eigenvalue weighted by Crippen LogP contribution is -2.29. The van der Waals surface area contributed by atoms with E-state index in [2.05, 4.69) is 14.9 Å². The maximum Gasteiger partial charge on any atom is 0.236 e. The van der Waals surface area contributed by atoms with Crippen LogP contribution in [-0.4, -0.2) is 23.9 Å². The highest BCUT2D eigenvalue weighted by Crippen LogP contribution is 2.24. The normalized spacial score (nSPS) is 18.6. The minimum Gasteiger partial charge on any atom is -0.281 e. The lowest BCUT2D eigenvalue weighted by Gasteiger charge is -2.21. The summed E-state index contributed by atoms with van der Waals surface area (Å²) in [4.78, 5) is 0. The van der Waals surface area contributed by atoms with E-state index in [-0.39, 0.29) is 5.25 Å². The van der Waals surface area contributed by atoms with E-state index in [1.54, 1.807) is 6.07 Å². The molecule has 0 spiro atoms. The molecule has 1 saturated carbocycles. The molecule has 0 unspecified atom stereocenters. The highest BCUT2D eigenvalue weighted by molar-refractivity contribution is 7.93. The van der Waals surface area contributed by atoms with Crippen molar-refractivity contribution < 1.29 is 8.42 Å². The highest BCUT2D eigenvalue weighted by Gasteiger charge is 2.27. The Morgan fingerprint density at radius 1 is 1.38 bits per heavy atom. The first kappa shape index (κ1) is 11.4. The molecule has 0 bridgehead atoms. The van der Waals surface area contributed by atoms with Crippen LogP contribution in [0.1, 0.15) is 37.8 Å². The van der Waals surface area contributed by atoms with Crippen LogP contribution in [0.15, 0.2) is 6.07 Å². The second-order valence-electron chi connectivity index (χ2n) is 4.34. The zero-order valence-corrected chi connectivity index (χ0v) is 10.2. The largest absolute Gasteiger partial charge is 0.281 e. The summed E-state index contributed by atoms with van der Waals surface area (Å²) >= 11 is 0. The summed E-state index contributed by atoms with van der Waals surface area (Å²) in [5.41, 5.74) is 0.848. The van der Waals surface area contributed by atoms with Gasteiger partial charge in [-0.25, -0.2) is 8.42 Å². The van der Waals surface area contributed by atoms with E-state index < -0.39 is 10.0 Å². The molecule has 5 nitrogen and oxygen atoms in total. The molecule has 1 heterocycles. The molecular weight excluding hydrogens is 226 g/mol. The minimum atomic E-state index is -3.26. The first-order chi connectivity index (χ1) is 7.58. The number of aryl methyl sites for hydroxylation is 1. The van der Waals surface area contributed by atoms with Crippen molar-refractivity contribution in [1.82, 2.24) is 10.2 Å².